The van der Waals surface area contributed by atoms with Gasteiger partial charge in [0.05, 0.1) is 24.8 Å². The third kappa shape index (κ3) is 3.42. The number of rotatable bonds is 5. The number of anilines is 1. The first kappa shape index (κ1) is 15.7. The van der Waals surface area contributed by atoms with Crippen LogP contribution in [0.1, 0.15) is 25.7 Å². The van der Waals surface area contributed by atoms with Gasteiger partial charge in [-0.25, -0.2) is 14.6 Å². The maximum Gasteiger partial charge on any atom is 0.327 e. The zero-order chi connectivity index (χ0) is 16.2. The van der Waals surface area contributed by atoms with Gasteiger partial charge < -0.3 is 14.8 Å². The van der Waals surface area contributed by atoms with E-state index in [2.05, 4.69) is 25.1 Å². The van der Waals surface area contributed by atoms with E-state index < -0.39 is 0 Å². The van der Waals surface area contributed by atoms with Crippen LogP contribution < -0.4 is 5.32 Å². The SMILES string of the molecule is COC(=O)Cn1ncc2c(NC3CCCC(OC)C3)ncnc21. The van der Waals surface area contributed by atoms with E-state index in [9.17, 15) is 4.79 Å². The molecule has 23 heavy (non-hydrogen) atoms. The fraction of sp³-hybridized carbons (Fsp3) is 0.600. The monoisotopic (exact) mass is 319 g/mol. The molecule has 1 aliphatic rings. The standard InChI is InChI=1S/C15H21N5O3/c1-22-11-5-3-4-10(6-11)19-14-12-7-18-20(8-13(21)23-2)15(12)17-9-16-14/h7,9-11H,3-6,8H2,1-2H3,(H,16,17,19). The van der Waals surface area contributed by atoms with Crippen LogP contribution in [0.2, 0.25) is 0 Å². The number of carbonyl (C=O) groups is 1. The quantitative estimate of drug-likeness (QED) is 0.832. The summed E-state index contributed by atoms with van der Waals surface area (Å²) in [5, 5.41) is 8.49. The third-order valence-electron chi connectivity index (χ3n) is 4.24. The lowest BCUT2D eigenvalue weighted by Gasteiger charge is -2.29. The van der Waals surface area contributed by atoms with Crippen molar-refractivity contribution >= 4 is 22.8 Å². The van der Waals surface area contributed by atoms with E-state index in [4.69, 9.17) is 4.74 Å². The van der Waals surface area contributed by atoms with Crippen molar-refractivity contribution in [2.45, 2.75) is 44.4 Å². The first-order valence-corrected chi connectivity index (χ1v) is 7.74. The van der Waals surface area contributed by atoms with E-state index in [1.54, 1.807) is 13.3 Å². The van der Waals surface area contributed by atoms with Crippen molar-refractivity contribution < 1.29 is 14.3 Å². The molecule has 1 fully saturated rings. The molecule has 0 radical (unpaired) electrons. The van der Waals surface area contributed by atoms with Gasteiger partial charge in [-0.2, -0.15) is 5.10 Å². The van der Waals surface area contributed by atoms with Crippen molar-refractivity contribution in [1.29, 1.82) is 0 Å². The van der Waals surface area contributed by atoms with E-state index in [1.807, 2.05) is 0 Å². The Hall–Kier alpha value is -2.22. The number of carbonyl (C=O) groups excluding carboxylic acids is 1. The Morgan fingerprint density at radius 1 is 1.39 bits per heavy atom. The molecule has 0 aliphatic heterocycles. The number of nitrogens with one attached hydrogen (secondary N) is 1. The van der Waals surface area contributed by atoms with E-state index in [-0.39, 0.29) is 12.5 Å². The highest BCUT2D eigenvalue weighted by atomic mass is 16.5. The molecular weight excluding hydrogens is 298 g/mol. The molecule has 3 rings (SSSR count). The van der Waals surface area contributed by atoms with Crippen LogP contribution in [0.5, 0.6) is 0 Å². The molecule has 8 heteroatoms. The van der Waals surface area contributed by atoms with Crippen molar-refractivity contribution in [3.05, 3.63) is 12.5 Å². The lowest BCUT2D eigenvalue weighted by Crippen LogP contribution is -2.31. The minimum Gasteiger partial charge on any atom is -0.468 e. The third-order valence-corrected chi connectivity index (χ3v) is 4.24. The highest BCUT2D eigenvalue weighted by molar-refractivity contribution is 5.87. The molecule has 0 bridgehead atoms. The van der Waals surface area contributed by atoms with Crippen LogP contribution in [-0.4, -0.2) is 52.1 Å². The molecule has 0 amide bonds. The number of hydrogen-bond donors (Lipinski definition) is 1. The van der Waals surface area contributed by atoms with E-state index in [1.165, 1.54) is 18.1 Å². The summed E-state index contributed by atoms with van der Waals surface area (Å²) in [4.78, 5) is 20.0. The second kappa shape index (κ2) is 6.91. The zero-order valence-corrected chi connectivity index (χ0v) is 13.4. The first-order valence-electron chi connectivity index (χ1n) is 7.74. The van der Waals surface area contributed by atoms with Gasteiger partial charge in [0.25, 0.3) is 0 Å². The summed E-state index contributed by atoms with van der Waals surface area (Å²) in [6.45, 7) is 0.0334. The van der Waals surface area contributed by atoms with Crippen LogP contribution in [0, 0.1) is 0 Å². The highest BCUT2D eigenvalue weighted by Gasteiger charge is 2.23. The molecule has 2 atom stereocenters. The van der Waals surface area contributed by atoms with Gasteiger partial charge in [0.1, 0.15) is 18.7 Å². The van der Waals surface area contributed by atoms with Crippen LogP contribution in [0.25, 0.3) is 11.0 Å². The van der Waals surface area contributed by atoms with Crippen molar-refractivity contribution in [2.24, 2.45) is 0 Å². The maximum atomic E-state index is 11.4. The van der Waals surface area contributed by atoms with Crippen molar-refractivity contribution in [3.63, 3.8) is 0 Å². The van der Waals surface area contributed by atoms with E-state index >= 15 is 0 Å². The van der Waals surface area contributed by atoms with Crippen LogP contribution in [0.15, 0.2) is 12.5 Å². The Kier molecular flexibility index (Phi) is 4.71. The molecule has 1 saturated carbocycles. The minimum atomic E-state index is -0.363. The molecule has 1 aliphatic carbocycles. The molecule has 124 valence electrons. The lowest BCUT2D eigenvalue weighted by atomic mass is 9.93. The van der Waals surface area contributed by atoms with Gasteiger partial charge in [0.15, 0.2) is 5.65 Å². The van der Waals surface area contributed by atoms with Crippen LogP contribution in [0.3, 0.4) is 0 Å². The summed E-state index contributed by atoms with van der Waals surface area (Å²) in [6.07, 6.45) is 7.73. The Morgan fingerprint density at radius 3 is 3.04 bits per heavy atom. The van der Waals surface area contributed by atoms with Crippen LogP contribution >= 0.6 is 0 Å². The van der Waals surface area contributed by atoms with Gasteiger partial charge in [-0.3, -0.25) is 4.79 Å². The van der Waals surface area contributed by atoms with Gasteiger partial charge in [-0.15, -0.1) is 0 Å². The maximum absolute atomic E-state index is 11.4. The van der Waals surface area contributed by atoms with Crippen LogP contribution in [0.4, 0.5) is 5.82 Å². The summed E-state index contributed by atoms with van der Waals surface area (Å²) in [7, 11) is 3.11. The van der Waals surface area contributed by atoms with Gasteiger partial charge in [-0.1, -0.05) is 0 Å². The lowest BCUT2D eigenvalue weighted by molar-refractivity contribution is -0.141. The van der Waals surface area contributed by atoms with Gasteiger partial charge >= 0.3 is 5.97 Å². The number of ether oxygens (including phenoxy) is 2. The van der Waals surface area contributed by atoms with Crippen molar-refractivity contribution in [3.8, 4) is 0 Å². The summed E-state index contributed by atoms with van der Waals surface area (Å²) in [5.41, 5.74) is 0.618. The molecule has 0 aromatic carbocycles. The summed E-state index contributed by atoms with van der Waals surface area (Å²) < 4.78 is 11.7. The molecule has 0 spiro atoms. The Morgan fingerprint density at radius 2 is 2.26 bits per heavy atom. The largest absolute Gasteiger partial charge is 0.468 e. The molecule has 1 N–H and O–H groups in total. The minimum absolute atomic E-state index is 0.0334. The van der Waals surface area contributed by atoms with Crippen molar-refractivity contribution in [2.75, 3.05) is 19.5 Å². The number of aromatic nitrogens is 4. The average Bonchev–Trinajstić information content (AvgIpc) is 2.99. The molecule has 2 unspecified atom stereocenters. The molecular formula is C15H21N5O3. The second-order valence-electron chi connectivity index (χ2n) is 5.70. The highest BCUT2D eigenvalue weighted by Crippen LogP contribution is 2.26. The number of fused-ring (bicyclic) bond motifs is 1. The number of methoxy groups -OCH3 is 2. The topological polar surface area (TPSA) is 91.2 Å². The average molecular weight is 319 g/mol. The zero-order valence-electron chi connectivity index (χ0n) is 13.4. The van der Waals surface area contributed by atoms with E-state index in [0.29, 0.717) is 17.8 Å². The fourth-order valence-electron chi connectivity index (χ4n) is 2.99. The Labute approximate surface area is 134 Å². The number of esters is 1. The molecule has 2 heterocycles. The summed E-state index contributed by atoms with van der Waals surface area (Å²) in [5.74, 6) is 0.381. The second-order valence-corrected chi connectivity index (χ2v) is 5.70. The summed E-state index contributed by atoms with van der Waals surface area (Å²) >= 11 is 0. The number of nitrogens with zero attached hydrogens (tertiary/aromatic N) is 4. The van der Waals surface area contributed by atoms with Crippen LogP contribution in [-0.2, 0) is 20.8 Å². The van der Waals surface area contributed by atoms with Crippen molar-refractivity contribution in [1.82, 2.24) is 19.7 Å². The fourth-order valence-corrected chi connectivity index (χ4v) is 2.99. The van der Waals surface area contributed by atoms with Gasteiger partial charge in [0, 0.05) is 13.2 Å². The first-order chi connectivity index (χ1) is 11.2. The molecule has 8 nitrogen and oxygen atoms in total. The number of hydrogen-bond acceptors (Lipinski definition) is 7. The Balaban J connectivity index is 1.80. The molecule has 2 aromatic heterocycles. The van der Waals surface area contributed by atoms with E-state index in [0.717, 1.165) is 36.9 Å². The van der Waals surface area contributed by atoms with Gasteiger partial charge in [0.2, 0.25) is 0 Å². The molecule has 2 aromatic rings. The predicted octanol–water partition coefficient (Wildman–Crippen LogP) is 1.37. The Bertz CT molecular complexity index is 687. The normalized spacial score (nSPS) is 21.3. The summed E-state index contributed by atoms with van der Waals surface area (Å²) in [6, 6.07) is 0.316. The predicted molar refractivity (Wildman–Crippen MR) is 84.0 cm³/mol. The molecule has 0 saturated heterocycles. The smallest absolute Gasteiger partial charge is 0.327 e. The van der Waals surface area contributed by atoms with Gasteiger partial charge in [-0.05, 0) is 25.7 Å².